The molecule has 0 atom stereocenters. The third kappa shape index (κ3) is 2.87. The van der Waals surface area contributed by atoms with Crippen molar-refractivity contribution in [1.29, 1.82) is 0 Å². The van der Waals surface area contributed by atoms with E-state index in [1.165, 1.54) is 0 Å². The highest BCUT2D eigenvalue weighted by Crippen LogP contribution is 2.29. The van der Waals surface area contributed by atoms with Crippen molar-refractivity contribution >= 4 is 32.9 Å². The summed E-state index contributed by atoms with van der Waals surface area (Å²) in [6.07, 6.45) is 0.975. The number of nitrogens with one attached hydrogen (secondary N) is 1. The van der Waals surface area contributed by atoms with Crippen LogP contribution in [0.5, 0.6) is 0 Å². The predicted octanol–water partition coefficient (Wildman–Crippen LogP) is 2.72. The number of aromatic nitrogens is 1. The predicted molar refractivity (Wildman–Crippen MR) is 73.6 cm³/mol. The van der Waals surface area contributed by atoms with E-state index in [9.17, 15) is 0 Å². The van der Waals surface area contributed by atoms with Crippen molar-refractivity contribution in [2.24, 2.45) is 0 Å². The third-order valence-corrected chi connectivity index (χ3v) is 3.32. The van der Waals surface area contributed by atoms with Gasteiger partial charge in [0.05, 0.1) is 21.6 Å². The molecule has 1 aromatic carbocycles. The molecule has 0 aliphatic carbocycles. The molecule has 0 amide bonds. The van der Waals surface area contributed by atoms with Crippen LogP contribution < -0.4 is 11.1 Å². The lowest BCUT2D eigenvalue weighted by Crippen LogP contribution is -2.07. The Hall–Kier alpha value is -1.33. The van der Waals surface area contributed by atoms with Gasteiger partial charge in [0.25, 0.3) is 0 Å². The number of nitrogens with two attached hydrogens (primary N) is 1. The lowest BCUT2D eigenvalue weighted by Gasteiger charge is -2.09. The number of thiazole rings is 1. The second-order valence-electron chi connectivity index (χ2n) is 3.70. The molecule has 0 saturated carbocycles. The molecule has 0 aliphatic heterocycles. The van der Waals surface area contributed by atoms with E-state index in [-0.39, 0.29) is 0 Å². The van der Waals surface area contributed by atoms with Crippen molar-refractivity contribution in [1.82, 2.24) is 4.98 Å². The zero-order valence-electron chi connectivity index (χ0n) is 9.90. The van der Waals surface area contributed by atoms with E-state index in [1.807, 2.05) is 24.6 Å². The highest BCUT2D eigenvalue weighted by molar-refractivity contribution is 7.16. The first-order chi connectivity index (χ1) is 8.33. The van der Waals surface area contributed by atoms with E-state index >= 15 is 0 Å². The molecule has 0 bridgehead atoms. The van der Waals surface area contributed by atoms with Crippen molar-refractivity contribution in [2.75, 3.05) is 30.8 Å². The van der Waals surface area contributed by atoms with Crippen molar-refractivity contribution in [3.8, 4) is 0 Å². The summed E-state index contributed by atoms with van der Waals surface area (Å²) in [7, 11) is 0. The summed E-state index contributed by atoms with van der Waals surface area (Å²) in [5.41, 5.74) is 10.5. The van der Waals surface area contributed by atoms with E-state index in [1.54, 1.807) is 11.3 Å². The second kappa shape index (κ2) is 5.84. The van der Waals surface area contributed by atoms with Crippen LogP contribution in [-0.4, -0.2) is 24.7 Å². The van der Waals surface area contributed by atoms with Gasteiger partial charge in [-0.3, -0.25) is 0 Å². The summed E-state index contributed by atoms with van der Waals surface area (Å²) in [5.74, 6) is 0. The average molecular weight is 251 g/mol. The van der Waals surface area contributed by atoms with Crippen LogP contribution in [-0.2, 0) is 4.74 Å². The number of fused-ring (bicyclic) bond motifs is 1. The van der Waals surface area contributed by atoms with E-state index in [4.69, 9.17) is 10.5 Å². The summed E-state index contributed by atoms with van der Waals surface area (Å²) in [6.45, 7) is 4.41. The van der Waals surface area contributed by atoms with Gasteiger partial charge in [-0.25, -0.2) is 4.98 Å². The maximum absolute atomic E-state index is 6.05. The Morgan fingerprint density at radius 3 is 3.18 bits per heavy atom. The first-order valence-electron chi connectivity index (χ1n) is 5.76. The van der Waals surface area contributed by atoms with Crippen LogP contribution in [0.25, 0.3) is 10.2 Å². The summed E-state index contributed by atoms with van der Waals surface area (Å²) in [4.78, 5) is 4.27. The fraction of sp³-hybridized carbons (Fsp3) is 0.417. The zero-order chi connectivity index (χ0) is 12.1. The number of nitrogens with zero attached hydrogens (tertiary/aromatic N) is 1. The molecule has 2 rings (SSSR count). The molecular formula is C12H17N3OS. The van der Waals surface area contributed by atoms with Crippen LogP contribution in [0.2, 0.25) is 0 Å². The van der Waals surface area contributed by atoms with Crippen LogP contribution in [0, 0.1) is 0 Å². The van der Waals surface area contributed by atoms with Gasteiger partial charge in [-0.2, -0.15) is 0 Å². The molecule has 4 nitrogen and oxygen atoms in total. The van der Waals surface area contributed by atoms with Gasteiger partial charge >= 0.3 is 0 Å². The average Bonchev–Trinajstić information content (AvgIpc) is 2.80. The smallest absolute Gasteiger partial charge is 0.106 e. The highest BCUT2D eigenvalue weighted by atomic mass is 32.1. The SMILES string of the molecule is CCOCCCNc1ccc2scnc2c1N. The van der Waals surface area contributed by atoms with Gasteiger partial charge in [0.15, 0.2) is 0 Å². The van der Waals surface area contributed by atoms with Gasteiger partial charge in [0.1, 0.15) is 5.52 Å². The normalized spacial score (nSPS) is 10.9. The molecule has 92 valence electrons. The number of hydrogen-bond acceptors (Lipinski definition) is 5. The number of benzene rings is 1. The fourth-order valence-electron chi connectivity index (χ4n) is 1.65. The molecule has 0 aliphatic rings. The molecule has 0 fully saturated rings. The fourth-order valence-corrected chi connectivity index (χ4v) is 2.34. The minimum Gasteiger partial charge on any atom is -0.395 e. The van der Waals surface area contributed by atoms with Gasteiger partial charge in [0, 0.05) is 19.8 Å². The molecule has 3 N–H and O–H groups in total. The van der Waals surface area contributed by atoms with Crippen LogP contribution in [0.1, 0.15) is 13.3 Å². The van der Waals surface area contributed by atoms with Gasteiger partial charge in [0.2, 0.25) is 0 Å². The first-order valence-corrected chi connectivity index (χ1v) is 6.64. The number of ether oxygens (including phenoxy) is 1. The lowest BCUT2D eigenvalue weighted by atomic mass is 10.2. The Kier molecular flexibility index (Phi) is 4.17. The van der Waals surface area contributed by atoms with Crippen LogP contribution in [0.3, 0.4) is 0 Å². The standard InChI is InChI=1S/C12H17N3OS/c1-2-16-7-3-6-14-9-4-5-10-12(11(9)13)15-8-17-10/h4-5,8,14H,2-3,6-7,13H2,1H3. The summed E-state index contributed by atoms with van der Waals surface area (Å²) in [6, 6.07) is 4.06. The molecule has 2 aromatic rings. The van der Waals surface area contributed by atoms with Crippen molar-refractivity contribution in [3.63, 3.8) is 0 Å². The quantitative estimate of drug-likeness (QED) is 0.612. The molecular weight excluding hydrogens is 234 g/mol. The van der Waals surface area contributed by atoms with E-state index in [0.717, 1.165) is 47.8 Å². The van der Waals surface area contributed by atoms with E-state index in [0.29, 0.717) is 0 Å². The molecule has 0 unspecified atom stereocenters. The monoisotopic (exact) mass is 251 g/mol. The third-order valence-electron chi connectivity index (χ3n) is 2.53. The Balaban J connectivity index is 1.96. The number of anilines is 2. The topological polar surface area (TPSA) is 60.2 Å². The second-order valence-corrected chi connectivity index (χ2v) is 4.59. The Labute approximate surface area is 105 Å². The lowest BCUT2D eigenvalue weighted by molar-refractivity contribution is 0.147. The van der Waals surface area contributed by atoms with E-state index in [2.05, 4.69) is 10.3 Å². The van der Waals surface area contributed by atoms with Crippen molar-refractivity contribution in [2.45, 2.75) is 13.3 Å². The largest absolute Gasteiger partial charge is 0.395 e. The van der Waals surface area contributed by atoms with Gasteiger partial charge < -0.3 is 15.8 Å². The van der Waals surface area contributed by atoms with Crippen molar-refractivity contribution in [3.05, 3.63) is 17.6 Å². The maximum atomic E-state index is 6.05. The minimum absolute atomic E-state index is 0.736. The van der Waals surface area contributed by atoms with E-state index < -0.39 is 0 Å². The molecule has 1 aromatic heterocycles. The summed E-state index contributed by atoms with van der Waals surface area (Å²) < 4.78 is 6.40. The number of nitrogen functional groups attached to an aromatic ring is 1. The number of hydrogen-bond donors (Lipinski definition) is 2. The van der Waals surface area contributed by atoms with Crippen LogP contribution in [0.4, 0.5) is 11.4 Å². The minimum atomic E-state index is 0.736. The molecule has 0 radical (unpaired) electrons. The molecule has 17 heavy (non-hydrogen) atoms. The van der Waals surface area contributed by atoms with Crippen LogP contribution in [0.15, 0.2) is 17.6 Å². The number of rotatable bonds is 6. The molecule has 0 spiro atoms. The molecule has 5 heteroatoms. The Morgan fingerprint density at radius 2 is 2.35 bits per heavy atom. The van der Waals surface area contributed by atoms with Crippen LogP contribution >= 0.6 is 11.3 Å². The summed E-state index contributed by atoms with van der Waals surface area (Å²) in [5, 5.41) is 3.31. The van der Waals surface area contributed by atoms with Gasteiger partial charge in [-0.15, -0.1) is 11.3 Å². The Morgan fingerprint density at radius 1 is 1.47 bits per heavy atom. The maximum Gasteiger partial charge on any atom is 0.106 e. The first kappa shape index (κ1) is 12.1. The molecule has 0 saturated heterocycles. The van der Waals surface area contributed by atoms with Gasteiger partial charge in [-0.05, 0) is 25.5 Å². The zero-order valence-corrected chi connectivity index (χ0v) is 10.7. The van der Waals surface area contributed by atoms with Crippen molar-refractivity contribution < 1.29 is 4.74 Å². The van der Waals surface area contributed by atoms with Gasteiger partial charge in [-0.1, -0.05) is 0 Å². The Bertz CT molecular complexity index is 484. The molecule has 1 heterocycles. The summed E-state index contributed by atoms with van der Waals surface area (Å²) >= 11 is 1.61. The highest BCUT2D eigenvalue weighted by Gasteiger charge is 2.05.